The van der Waals surface area contributed by atoms with Gasteiger partial charge in [0.1, 0.15) is 18.2 Å². The Balaban J connectivity index is 2.57. The van der Waals surface area contributed by atoms with Crippen LogP contribution in [-0.2, 0) is 18.4 Å². The SMILES string of the molecule is Cn1c(CO)nc2cc(OC=O)ccc21. The second-order valence-electron chi connectivity index (χ2n) is 3.11. The number of fused-ring (bicyclic) bond motifs is 1. The van der Waals surface area contributed by atoms with E-state index in [9.17, 15) is 4.79 Å². The highest BCUT2D eigenvalue weighted by atomic mass is 16.5. The molecule has 1 heterocycles. The molecule has 1 N–H and O–H groups in total. The van der Waals surface area contributed by atoms with Crippen molar-refractivity contribution in [1.29, 1.82) is 0 Å². The van der Waals surface area contributed by atoms with Gasteiger partial charge in [0.2, 0.25) is 0 Å². The van der Waals surface area contributed by atoms with Crippen LogP contribution in [0.2, 0.25) is 0 Å². The van der Waals surface area contributed by atoms with E-state index in [-0.39, 0.29) is 6.61 Å². The zero-order valence-corrected chi connectivity index (χ0v) is 8.17. The highest BCUT2D eigenvalue weighted by Gasteiger charge is 2.07. The van der Waals surface area contributed by atoms with Crippen LogP contribution in [0.1, 0.15) is 5.82 Å². The lowest BCUT2D eigenvalue weighted by Crippen LogP contribution is -1.96. The number of carbonyl (C=O) groups is 1. The van der Waals surface area contributed by atoms with Gasteiger partial charge in [0.25, 0.3) is 6.47 Å². The maximum Gasteiger partial charge on any atom is 0.298 e. The fourth-order valence-electron chi connectivity index (χ4n) is 1.50. The van der Waals surface area contributed by atoms with Crippen LogP contribution in [0.15, 0.2) is 18.2 Å². The van der Waals surface area contributed by atoms with Crippen molar-refractivity contribution in [3.8, 4) is 5.75 Å². The Morgan fingerprint density at radius 1 is 1.60 bits per heavy atom. The number of aryl methyl sites for hydroxylation is 1. The number of imidazole rings is 1. The smallest absolute Gasteiger partial charge is 0.298 e. The summed E-state index contributed by atoms with van der Waals surface area (Å²) in [5, 5.41) is 9.02. The summed E-state index contributed by atoms with van der Waals surface area (Å²) in [4.78, 5) is 14.3. The third-order valence-corrected chi connectivity index (χ3v) is 2.27. The Kier molecular flexibility index (Phi) is 2.39. The number of aliphatic hydroxyl groups excluding tert-OH is 1. The highest BCUT2D eigenvalue weighted by Crippen LogP contribution is 2.20. The summed E-state index contributed by atoms with van der Waals surface area (Å²) >= 11 is 0. The molecular weight excluding hydrogens is 196 g/mol. The van der Waals surface area contributed by atoms with Crippen molar-refractivity contribution in [2.75, 3.05) is 0 Å². The zero-order chi connectivity index (χ0) is 10.8. The van der Waals surface area contributed by atoms with E-state index in [1.165, 1.54) is 0 Å². The van der Waals surface area contributed by atoms with Crippen LogP contribution in [0.4, 0.5) is 0 Å². The quantitative estimate of drug-likeness (QED) is 0.747. The average Bonchev–Trinajstić information content (AvgIpc) is 2.56. The summed E-state index contributed by atoms with van der Waals surface area (Å²) < 4.78 is 6.50. The maximum absolute atomic E-state index is 10.2. The van der Waals surface area contributed by atoms with Gasteiger partial charge in [0, 0.05) is 13.1 Å². The Bertz CT molecular complexity index is 505. The van der Waals surface area contributed by atoms with Gasteiger partial charge in [-0.2, -0.15) is 0 Å². The van der Waals surface area contributed by atoms with Crippen LogP contribution in [-0.4, -0.2) is 21.1 Å². The van der Waals surface area contributed by atoms with Gasteiger partial charge in [0.05, 0.1) is 11.0 Å². The number of carbonyl (C=O) groups excluding carboxylic acids is 1. The summed E-state index contributed by atoms with van der Waals surface area (Å²) in [6.07, 6.45) is 0. The predicted octanol–water partition coefficient (Wildman–Crippen LogP) is 0.601. The third kappa shape index (κ3) is 1.57. The van der Waals surface area contributed by atoms with E-state index < -0.39 is 0 Å². The van der Waals surface area contributed by atoms with E-state index in [4.69, 9.17) is 9.84 Å². The molecule has 1 aromatic carbocycles. The number of ether oxygens (including phenoxy) is 1. The first-order valence-electron chi connectivity index (χ1n) is 4.42. The van der Waals surface area contributed by atoms with Crippen LogP contribution in [0, 0.1) is 0 Å². The van der Waals surface area contributed by atoms with Crippen molar-refractivity contribution in [3.05, 3.63) is 24.0 Å². The minimum atomic E-state index is -0.116. The summed E-state index contributed by atoms with van der Waals surface area (Å²) in [5.74, 6) is 1.02. The van der Waals surface area contributed by atoms with Gasteiger partial charge in [0.15, 0.2) is 0 Å². The predicted molar refractivity (Wildman–Crippen MR) is 53.3 cm³/mol. The van der Waals surface area contributed by atoms with Crippen molar-refractivity contribution in [2.24, 2.45) is 7.05 Å². The van der Waals surface area contributed by atoms with Crippen molar-refractivity contribution >= 4 is 17.5 Å². The highest BCUT2D eigenvalue weighted by molar-refractivity contribution is 5.78. The molecule has 0 unspecified atom stereocenters. The van der Waals surface area contributed by atoms with Gasteiger partial charge in [-0.1, -0.05) is 0 Å². The average molecular weight is 206 g/mol. The van der Waals surface area contributed by atoms with Crippen LogP contribution < -0.4 is 4.74 Å². The summed E-state index contributed by atoms with van der Waals surface area (Å²) in [6.45, 7) is 0.256. The standard InChI is InChI=1S/C10H10N2O3/c1-12-9-3-2-7(15-6-14)4-8(9)11-10(12)5-13/h2-4,6,13H,5H2,1H3. The molecular formula is C10H10N2O3. The molecule has 0 bridgehead atoms. The number of rotatable bonds is 3. The fourth-order valence-corrected chi connectivity index (χ4v) is 1.50. The number of benzene rings is 1. The van der Waals surface area contributed by atoms with Crippen molar-refractivity contribution in [1.82, 2.24) is 9.55 Å². The van der Waals surface area contributed by atoms with E-state index in [0.717, 1.165) is 5.52 Å². The van der Waals surface area contributed by atoms with Crippen LogP contribution in [0.25, 0.3) is 11.0 Å². The lowest BCUT2D eigenvalue weighted by Gasteiger charge is -1.98. The van der Waals surface area contributed by atoms with Gasteiger partial charge < -0.3 is 14.4 Å². The molecule has 0 aliphatic heterocycles. The van der Waals surface area contributed by atoms with E-state index >= 15 is 0 Å². The minimum Gasteiger partial charge on any atom is -0.429 e. The minimum absolute atomic E-state index is 0.116. The van der Waals surface area contributed by atoms with E-state index in [1.807, 2.05) is 7.05 Å². The Labute approximate surface area is 85.9 Å². The van der Waals surface area contributed by atoms with Crippen molar-refractivity contribution < 1.29 is 14.6 Å². The Morgan fingerprint density at radius 2 is 2.40 bits per heavy atom. The first-order valence-corrected chi connectivity index (χ1v) is 4.42. The number of aromatic nitrogens is 2. The number of nitrogens with zero attached hydrogens (tertiary/aromatic N) is 2. The molecule has 0 aliphatic rings. The molecule has 78 valence electrons. The molecule has 0 saturated heterocycles. The molecule has 2 rings (SSSR count). The van der Waals surface area contributed by atoms with Crippen molar-refractivity contribution in [2.45, 2.75) is 6.61 Å². The molecule has 0 atom stereocenters. The molecule has 0 fully saturated rings. The van der Waals surface area contributed by atoms with Crippen molar-refractivity contribution in [3.63, 3.8) is 0 Å². The first kappa shape index (κ1) is 9.67. The van der Waals surface area contributed by atoms with Gasteiger partial charge in [-0.3, -0.25) is 4.79 Å². The Morgan fingerprint density at radius 3 is 3.07 bits per heavy atom. The van der Waals surface area contributed by atoms with E-state index in [0.29, 0.717) is 23.6 Å². The van der Waals surface area contributed by atoms with Gasteiger partial charge in [-0.05, 0) is 12.1 Å². The maximum atomic E-state index is 10.2. The van der Waals surface area contributed by atoms with E-state index in [1.54, 1.807) is 22.8 Å². The lowest BCUT2D eigenvalue weighted by atomic mass is 10.3. The second kappa shape index (κ2) is 3.70. The first-order chi connectivity index (χ1) is 7.26. The molecule has 15 heavy (non-hydrogen) atoms. The molecule has 5 heteroatoms. The Hall–Kier alpha value is -1.88. The number of hydrogen-bond donors (Lipinski definition) is 1. The normalized spacial score (nSPS) is 10.5. The van der Waals surface area contributed by atoms with Gasteiger partial charge >= 0.3 is 0 Å². The monoisotopic (exact) mass is 206 g/mol. The van der Waals surface area contributed by atoms with Crippen LogP contribution in [0.3, 0.4) is 0 Å². The number of hydrogen-bond acceptors (Lipinski definition) is 4. The van der Waals surface area contributed by atoms with Gasteiger partial charge in [-0.15, -0.1) is 0 Å². The molecule has 0 aliphatic carbocycles. The molecule has 0 radical (unpaired) electrons. The summed E-state index contributed by atoms with van der Waals surface area (Å²) in [6, 6.07) is 5.13. The summed E-state index contributed by atoms with van der Waals surface area (Å²) in [5.41, 5.74) is 1.58. The number of aliphatic hydroxyl groups is 1. The lowest BCUT2D eigenvalue weighted by molar-refractivity contribution is -0.120. The summed E-state index contributed by atoms with van der Waals surface area (Å²) in [7, 11) is 1.82. The van der Waals surface area contributed by atoms with Crippen LogP contribution >= 0.6 is 0 Å². The second-order valence-corrected chi connectivity index (χ2v) is 3.11. The zero-order valence-electron chi connectivity index (χ0n) is 8.17. The van der Waals surface area contributed by atoms with E-state index in [2.05, 4.69) is 4.98 Å². The molecule has 0 saturated carbocycles. The molecule has 5 nitrogen and oxygen atoms in total. The topological polar surface area (TPSA) is 64.3 Å². The fraction of sp³-hybridized carbons (Fsp3) is 0.200. The molecule has 0 spiro atoms. The molecule has 2 aromatic rings. The third-order valence-electron chi connectivity index (χ3n) is 2.27. The largest absolute Gasteiger partial charge is 0.429 e. The molecule has 1 aromatic heterocycles. The van der Waals surface area contributed by atoms with Crippen LogP contribution in [0.5, 0.6) is 5.75 Å². The van der Waals surface area contributed by atoms with Gasteiger partial charge in [-0.25, -0.2) is 4.98 Å². The molecule has 0 amide bonds.